The fraction of sp³-hybridized carbons (Fsp3) is 0.241. The summed E-state index contributed by atoms with van der Waals surface area (Å²) in [4.78, 5) is 13.6. The van der Waals surface area contributed by atoms with Gasteiger partial charge in [-0.05, 0) is 77.9 Å². The highest BCUT2D eigenvalue weighted by molar-refractivity contribution is 14.1. The summed E-state index contributed by atoms with van der Waals surface area (Å²) >= 11 is 2.17. The molecule has 1 aliphatic heterocycles. The van der Waals surface area contributed by atoms with Crippen LogP contribution in [-0.2, 0) is 11.0 Å². The predicted molar refractivity (Wildman–Crippen MR) is 151 cm³/mol. The molecule has 0 bridgehead atoms. The van der Waals surface area contributed by atoms with Crippen LogP contribution in [-0.4, -0.2) is 24.8 Å². The molecule has 198 valence electrons. The van der Waals surface area contributed by atoms with Gasteiger partial charge in [-0.25, -0.2) is 0 Å². The Morgan fingerprint density at radius 2 is 1.76 bits per heavy atom. The molecule has 0 saturated carbocycles. The Kier molecular flexibility index (Phi) is 8.76. The average molecular weight is 634 g/mol. The van der Waals surface area contributed by atoms with Crippen molar-refractivity contribution >= 4 is 46.0 Å². The summed E-state index contributed by atoms with van der Waals surface area (Å²) < 4.78 is 52.7. The number of benzene rings is 3. The Bertz CT molecular complexity index is 1370. The molecule has 0 atom stereocenters. The second-order valence-electron chi connectivity index (χ2n) is 8.50. The molecule has 5 nitrogen and oxygen atoms in total. The number of nitrogens with zero attached hydrogens (tertiary/aromatic N) is 2. The lowest BCUT2D eigenvalue weighted by Crippen LogP contribution is -2.22. The van der Waals surface area contributed by atoms with Gasteiger partial charge in [0.1, 0.15) is 5.71 Å². The molecule has 38 heavy (non-hydrogen) atoms. The van der Waals surface area contributed by atoms with Crippen molar-refractivity contribution in [2.45, 2.75) is 32.9 Å². The second kappa shape index (κ2) is 12.0. The van der Waals surface area contributed by atoms with Crippen LogP contribution in [0.2, 0.25) is 0 Å². The summed E-state index contributed by atoms with van der Waals surface area (Å²) in [6.07, 6.45) is -0.958. The lowest BCUT2D eigenvalue weighted by molar-refractivity contribution is -0.137. The van der Waals surface area contributed by atoms with Crippen LogP contribution in [0.5, 0.6) is 11.5 Å². The molecule has 0 fully saturated rings. The lowest BCUT2D eigenvalue weighted by atomic mass is 10.00. The van der Waals surface area contributed by atoms with Gasteiger partial charge in [0.15, 0.2) is 11.5 Å². The van der Waals surface area contributed by atoms with Crippen molar-refractivity contribution in [3.63, 3.8) is 0 Å². The molecular formula is C29H26F3IN2O3. The van der Waals surface area contributed by atoms with Gasteiger partial charge < -0.3 is 9.47 Å². The molecule has 0 aromatic heterocycles. The highest BCUT2D eigenvalue weighted by Crippen LogP contribution is 2.37. The zero-order valence-corrected chi connectivity index (χ0v) is 23.0. The topological polar surface area (TPSA) is 51.1 Å². The van der Waals surface area contributed by atoms with E-state index >= 15 is 0 Å². The van der Waals surface area contributed by atoms with Crippen molar-refractivity contribution in [3.05, 3.63) is 92.6 Å². The third-order valence-electron chi connectivity index (χ3n) is 5.73. The Balaban J connectivity index is 1.79. The van der Waals surface area contributed by atoms with Gasteiger partial charge in [0, 0.05) is 5.56 Å². The molecule has 0 spiro atoms. The third-order valence-corrected chi connectivity index (χ3v) is 6.53. The number of ether oxygens (including phenoxy) is 2. The first-order valence-electron chi connectivity index (χ1n) is 12.2. The summed E-state index contributed by atoms with van der Waals surface area (Å²) in [7, 11) is 0. The number of carbonyl (C=O) groups is 1. The van der Waals surface area contributed by atoms with Gasteiger partial charge in [0.25, 0.3) is 5.91 Å². The largest absolute Gasteiger partial charge is 0.490 e. The third kappa shape index (κ3) is 6.20. The van der Waals surface area contributed by atoms with E-state index in [9.17, 15) is 18.0 Å². The maximum atomic E-state index is 13.6. The molecule has 3 aromatic rings. The van der Waals surface area contributed by atoms with Crippen LogP contribution in [0.4, 0.5) is 18.9 Å². The van der Waals surface area contributed by atoms with E-state index in [4.69, 9.17) is 9.47 Å². The molecule has 9 heteroatoms. The predicted octanol–water partition coefficient (Wildman–Crippen LogP) is 7.72. The summed E-state index contributed by atoms with van der Waals surface area (Å²) in [6, 6.07) is 17.3. The van der Waals surface area contributed by atoms with Crippen LogP contribution in [0.25, 0.3) is 6.08 Å². The zero-order chi connectivity index (χ0) is 27.3. The molecule has 0 N–H and O–H groups in total. The number of halogens is 4. The maximum Gasteiger partial charge on any atom is 0.416 e. The Morgan fingerprint density at radius 3 is 2.45 bits per heavy atom. The molecule has 3 aromatic carbocycles. The van der Waals surface area contributed by atoms with Crippen molar-refractivity contribution in [1.29, 1.82) is 0 Å². The van der Waals surface area contributed by atoms with Crippen molar-refractivity contribution in [1.82, 2.24) is 0 Å². The first-order chi connectivity index (χ1) is 18.2. The fourth-order valence-electron chi connectivity index (χ4n) is 3.90. The molecule has 0 radical (unpaired) electrons. The van der Waals surface area contributed by atoms with E-state index in [0.717, 1.165) is 33.6 Å². The molecule has 4 rings (SSSR count). The summed E-state index contributed by atoms with van der Waals surface area (Å²) in [6.45, 7) is 4.95. The van der Waals surface area contributed by atoms with E-state index in [1.165, 1.54) is 12.1 Å². The number of rotatable bonds is 9. The molecule has 0 unspecified atom stereocenters. The quantitative estimate of drug-likeness (QED) is 0.138. The zero-order valence-electron chi connectivity index (χ0n) is 20.9. The van der Waals surface area contributed by atoms with Crippen LogP contribution in [0.3, 0.4) is 0 Å². The first-order valence-corrected chi connectivity index (χ1v) is 13.3. The van der Waals surface area contributed by atoms with Gasteiger partial charge >= 0.3 is 6.18 Å². The van der Waals surface area contributed by atoms with Gasteiger partial charge in [0.05, 0.1) is 33.6 Å². The van der Waals surface area contributed by atoms with Gasteiger partial charge in [-0.3, -0.25) is 4.79 Å². The highest BCUT2D eigenvalue weighted by Gasteiger charge is 2.35. The van der Waals surface area contributed by atoms with Crippen LogP contribution >= 0.6 is 22.6 Å². The van der Waals surface area contributed by atoms with Gasteiger partial charge in [-0.2, -0.15) is 23.3 Å². The van der Waals surface area contributed by atoms with E-state index in [1.54, 1.807) is 24.3 Å². The number of amides is 1. The normalized spacial score (nSPS) is 14.7. The van der Waals surface area contributed by atoms with Crippen molar-refractivity contribution in [2.75, 3.05) is 18.2 Å². The Morgan fingerprint density at radius 1 is 1.00 bits per heavy atom. The summed E-state index contributed by atoms with van der Waals surface area (Å²) in [5.74, 6) is 0.670. The SMILES string of the molecule is CCCCOc1c(I)cc(C=C2C(=O)N(c3cccc(C(F)(F)F)c3)N=C2c2ccccc2)cc1OCC. The van der Waals surface area contributed by atoms with E-state index in [0.29, 0.717) is 41.6 Å². The summed E-state index contributed by atoms with van der Waals surface area (Å²) in [5.41, 5.74) is 1.15. The number of hydrazone groups is 1. The van der Waals surface area contributed by atoms with E-state index in [-0.39, 0.29) is 11.3 Å². The standard InChI is InChI=1S/C29H26F3IN2O3/c1-3-5-14-38-27-24(33)16-19(17-25(27)37-4-2)15-23-26(20-10-7-6-8-11-20)34-35(28(23)36)22-13-9-12-21(18-22)29(30,31)32/h6-13,15-18H,3-5,14H2,1-2H3. The van der Waals surface area contributed by atoms with Gasteiger partial charge in [-0.15, -0.1) is 0 Å². The van der Waals surface area contributed by atoms with Crippen molar-refractivity contribution in [3.8, 4) is 11.5 Å². The smallest absolute Gasteiger partial charge is 0.416 e. The lowest BCUT2D eigenvalue weighted by Gasteiger charge is -2.15. The number of hydrogen-bond acceptors (Lipinski definition) is 4. The summed E-state index contributed by atoms with van der Waals surface area (Å²) in [5, 5.41) is 5.48. The molecule has 0 aliphatic carbocycles. The van der Waals surface area contributed by atoms with E-state index in [1.807, 2.05) is 31.2 Å². The molecule has 0 saturated heterocycles. The fourth-order valence-corrected chi connectivity index (χ4v) is 4.68. The molecular weight excluding hydrogens is 608 g/mol. The minimum Gasteiger partial charge on any atom is -0.490 e. The monoisotopic (exact) mass is 634 g/mol. The van der Waals surface area contributed by atoms with Crippen LogP contribution in [0, 0.1) is 3.57 Å². The molecule has 1 amide bonds. The van der Waals surface area contributed by atoms with Crippen molar-refractivity contribution in [2.24, 2.45) is 5.10 Å². The second-order valence-corrected chi connectivity index (χ2v) is 9.66. The highest BCUT2D eigenvalue weighted by atomic mass is 127. The molecule has 1 aliphatic rings. The minimum atomic E-state index is -4.54. The van der Waals surface area contributed by atoms with Gasteiger partial charge in [0.2, 0.25) is 0 Å². The number of carbonyl (C=O) groups excluding carboxylic acids is 1. The van der Waals surface area contributed by atoms with E-state index in [2.05, 4.69) is 34.6 Å². The Hall–Kier alpha value is -3.34. The van der Waals surface area contributed by atoms with Crippen molar-refractivity contribution < 1.29 is 27.4 Å². The number of unbranched alkanes of at least 4 members (excludes halogenated alkanes) is 1. The Labute approximate surface area is 233 Å². The minimum absolute atomic E-state index is 0.0333. The average Bonchev–Trinajstić information content (AvgIpc) is 3.21. The first kappa shape index (κ1) is 27.7. The van der Waals surface area contributed by atoms with Crippen LogP contribution < -0.4 is 14.5 Å². The van der Waals surface area contributed by atoms with Crippen LogP contribution in [0.1, 0.15) is 43.4 Å². The molecule has 1 heterocycles. The maximum absolute atomic E-state index is 13.6. The number of anilines is 1. The van der Waals surface area contributed by atoms with E-state index < -0.39 is 17.6 Å². The number of hydrogen-bond donors (Lipinski definition) is 0. The van der Waals surface area contributed by atoms with Crippen LogP contribution in [0.15, 0.2) is 77.4 Å². The number of alkyl halides is 3. The van der Waals surface area contributed by atoms with Gasteiger partial charge in [-0.1, -0.05) is 49.7 Å².